The fourth-order valence-electron chi connectivity index (χ4n) is 3.08. The van der Waals surface area contributed by atoms with Crippen LogP contribution in [0.5, 0.6) is 0 Å². The molecule has 1 aromatic heterocycles. The molecule has 1 nitrogen and oxygen atoms in total. The summed E-state index contributed by atoms with van der Waals surface area (Å²) >= 11 is 0. The Morgan fingerprint density at radius 3 is 2.14 bits per heavy atom. The van der Waals surface area contributed by atoms with Crippen molar-refractivity contribution in [2.75, 3.05) is 0 Å². The quantitative estimate of drug-likeness (QED) is 0.564. The van der Waals surface area contributed by atoms with Gasteiger partial charge in [-0.1, -0.05) is 79.3 Å². The lowest BCUT2D eigenvalue weighted by Crippen LogP contribution is -2.25. The molecule has 0 saturated heterocycles. The maximum atomic E-state index is 3.77. The molecule has 0 fully saturated rings. The van der Waals surface area contributed by atoms with E-state index >= 15 is 0 Å². The molecule has 0 aliphatic rings. The van der Waals surface area contributed by atoms with Crippen molar-refractivity contribution in [3.05, 3.63) is 47.8 Å². The number of hydrogen-bond acceptors (Lipinski definition) is 0. The second-order valence-electron chi connectivity index (χ2n) is 7.25. The number of allylic oxidation sites excluding steroid dienone is 3. The van der Waals surface area contributed by atoms with Crippen molar-refractivity contribution in [3.63, 3.8) is 0 Å². The maximum Gasteiger partial charge on any atom is 0.0453 e. The smallest absolute Gasteiger partial charge is 0.0453 e. The third-order valence-corrected chi connectivity index (χ3v) is 3.39. The van der Waals surface area contributed by atoms with Gasteiger partial charge in [0.05, 0.1) is 0 Å². The molecular weight excluding hydrogens is 266 g/mol. The highest BCUT2D eigenvalue weighted by molar-refractivity contribution is 5.67. The van der Waals surface area contributed by atoms with Crippen LogP contribution in [-0.2, 0) is 5.41 Å². The number of aromatic nitrogens is 1. The van der Waals surface area contributed by atoms with E-state index in [-0.39, 0.29) is 5.41 Å². The molecule has 1 aromatic rings. The molecule has 1 heteroatoms. The zero-order valence-electron chi connectivity index (χ0n) is 15.9. The molecule has 0 atom stereocenters. The van der Waals surface area contributed by atoms with E-state index in [1.807, 2.05) is 32.9 Å². The third kappa shape index (κ3) is 6.09. The van der Waals surface area contributed by atoms with Crippen molar-refractivity contribution < 1.29 is 0 Å². The molecular formula is C21H35N. The van der Waals surface area contributed by atoms with E-state index in [0.717, 1.165) is 6.42 Å². The summed E-state index contributed by atoms with van der Waals surface area (Å²) in [5.41, 5.74) is 4.26. The van der Waals surface area contributed by atoms with Crippen molar-refractivity contribution in [1.29, 1.82) is 0 Å². The number of rotatable bonds is 5. The molecule has 1 N–H and O–H groups in total. The lowest BCUT2D eigenvalue weighted by molar-refractivity contribution is 0.284. The first-order chi connectivity index (χ1) is 10.2. The summed E-state index contributed by atoms with van der Waals surface area (Å²) in [6.07, 6.45) is 13.5. The van der Waals surface area contributed by atoms with Crippen molar-refractivity contribution in [1.82, 2.24) is 4.98 Å². The fourth-order valence-corrected chi connectivity index (χ4v) is 3.08. The third-order valence-electron chi connectivity index (χ3n) is 3.39. The van der Waals surface area contributed by atoms with E-state index in [9.17, 15) is 0 Å². The zero-order valence-corrected chi connectivity index (χ0v) is 15.9. The highest BCUT2D eigenvalue weighted by Crippen LogP contribution is 2.39. The van der Waals surface area contributed by atoms with Gasteiger partial charge in [0.15, 0.2) is 0 Å². The van der Waals surface area contributed by atoms with Gasteiger partial charge in [0, 0.05) is 17.5 Å². The molecule has 1 heterocycles. The molecule has 124 valence electrons. The van der Waals surface area contributed by atoms with Crippen LogP contribution in [-0.4, -0.2) is 4.98 Å². The molecule has 0 aliphatic carbocycles. The topological polar surface area (TPSA) is 15.8 Å². The van der Waals surface area contributed by atoms with E-state index in [1.54, 1.807) is 0 Å². The molecule has 0 radical (unpaired) electrons. The Labute approximate surface area is 138 Å². The molecule has 22 heavy (non-hydrogen) atoms. The number of hydrogen-bond donors (Lipinski definition) is 1. The van der Waals surface area contributed by atoms with E-state index in [1.165, 1.54) is 16.8 Å². The second kappa shape index (κ2) is 8.82. The van der Waals surface area contributed by atoms with E-state index < -0.39 is 0 Å². The van der Waals surface area contributed by atoms with Gasteiger partial charge < -0.3 is 4.98 Å². The summed E-state index contributed by atoms with van der Waals surface area (Å²) in [6, 6.07) is 0. The molecule has 0 bridgehead atoms. The first-order valence-electron chi connectivity index (χ1n) is 8.35. The highest BCUT2D eigenvalue weighted by Gasteiger charge is 2.30. The van der Waals surface area contributed by atoms with Crippen LogP contribution in [0.1, 0.15) is 78.6 Å². The largest absolute Gasteiger partial charge is 0.361 e. The SMILES string of the molecule is C=C/C=C\c1c(C(C)(C)CC(C)(C)C)c[nH]c1/C=C\C.CC. The van der Waals surface area contributed by atoms with Crippen LogP contribution in [0, 0.1) is 5.41 Å². The van der Waals surface area contributed by atoms with E-state index in [4.69, 9.17) is 0 Å². The van der Waals surface area contributed by atoms with Gasteiger partial charge in [0.1, 0.15) is 0 Å². The Bertz CT molecular complexity index is 504. The highest BCUT2D eigenvalue weighted by atomic mass is 14.7. The maximum absolute atomic E-state index is 3.77. The Morgan fingerprint density at radius 1 is 1.09 bits per heavy atom. The van der Waals surface area contributed by atoms with Gasteiger partial charge in [-0.15, -0.1) is 0 Å². The first kappa shape index (κ1) is 20.5. The van der Waals surface area contributed by atoms with Gasteiger partial charge in [0.25, 0.3) is 0 Å². The first-order valence-corrected chi connectivity index (χ1v) is 8.35. The minimum Gasteiger partial charge on any atom is -0.361 e. The minimum atomic E-state index is 0.134. The Kier molecular flexibility index (Phi) is 8.22. The number of nitrogens with one attached hydrogen (secondary N) is 1. The van der Waals surface area contributed by atoms with Crippen LogP contribution >= 0.6 is 0 Å². The lowest BCUT2D eigenvalue weighted by Gasteiger charge is -2.32. The molecule has 0 aliphatic heterocycles. The summed E-state index contributed by atoms with van der Waals surface area (Å²) in [5, 5.41) is 0. The lowest BCUT2D eigenvalue weighted by atomic mass is 9.72. The van der Waals surface area contributed by atoms with Crippen molar-refractivity contribution >= 4 is 12.2 Å². The summed E-state index contributed by atoms with van der Waals surface area (Å²) in [7, 11) is 0. The van der Waals surface area contributed by atoms with Gasteiger partial charge in [0.2, 0.25) is 0 Å². The summed E-state index contributed by atoms with van der Waals surface area (Å²) in [4.78, 5) is 3.40. The van der Waals surface area contributed by atoms with E-state index in [2.05, 4.69) is 70.6 Å². The summed E-state index contributed by atoms with van der Waals surface area (Å²) in [6.45, 7) is 21.4. The van der Waals surface area contributed by atoms with Crippen LogP contribution in [0.4, 0.5) is 0 Å². The second-order valence-corrected chi connectivity index (χ2v) is 7.25. The van der Waals surface area contributed by atoms with Crippen LogP contribution in [0.3, 0.4) is 0 Å². The van der Waals surface area contributed by atoms with Crippen molar-refractivity contribution in [2.24, 2.45) is 5.41 Å². The zero-order chi connectivity index (χ0) is 17.4. The summed E-state index contributed by atoms with van der Waals surface area (Å²) < 4.78 is 0. The van der Waals surface area contributed by atoms with Gasteiger partial charge in [-0.3, -0.25) is 0 Å². The van der Waals surface area contributed by atoms with Gasteiger partial charge in [-0.25, -0.2) is 0 Å². The average molecular weight is 302 g/mol. The van der Waals surface area contributed by atoms with Crippen LogP contribution < -0.4 is 0 Å². The average Bonchev–Trinajstić information content (AvgIpc) is 2.80. The Morgan fingerprint density at radius 2 is 1.68 bits per heavy atom. The molecule has 0 saturated carbocycles. The molecule has 0 unspecified atom stereocenters. The monoisotopic (exact) mass is 301 g/mol. The standard InChI is InChI=1S/C19H29N.C2H6/c1-8-10-12-15-16(13-20-17(15)11-9-2)19(6,7)14-18(3,4)5;1-2/h8-13,20H,1,14H2,2-7H3;1-2H3/b11-9-,12-10-;. The van der Waals surface area contributed by atoms with Crippen molar-refractivity contribution in [2.45, 2.75) is 67.2 Å². The molecule has 0 spiro atoms. The van der Waals surface area contributed by atoms with Crippen LogP contribution in [0.25, 0.3) is 12.2 Å². The number of H-pyrrole nitrogens is 1. The van der Waals surface area contributed by atoms with Crippen LogP contribution in [0.15, 0.2) is 31.0 Å². The summed E-state index contributed by atoms with van der Waals surface area (Å²) in [5.74, 6) is 0. The molecule has 0 aromatic carbocycles. The van der Waals surface area contributed by atoms with Gasteiger partial charge in [-0.2, -0.15) is 0 Å². The normalized spacial score (nSPS) is 12.5. The number of aromatic amines is 1. The minimum absolute atomic E-state index is 0.134. The molecule has 0 amide bonds. The van der Waals surface area contributed by atoms with Gasteiger partial charge in [-0.05, 0) is 35.8 Å². The Hall–Kier alpha value is -1.50. The predicted molar refractivity (Wildman–Crippen MR) is 103 cm³/mol. The Balaban J connectivity index is 0.00000211. The van der Waals surface area contributed by atoms with Crippen LogP contribution in [0.2, 0.25) is 0 Å². The predicted octanol–water partition coefficient (Wildman–Crippen LogP) is 6.99. The fraction of sp³-hybridized carbons (Fsp3) is 0.524. The van der Waals surface area contributed by atoms with Crippen molar-refractivity contribution in [3.8, 4) is 0 Å². The molecule has 1 rings (SSSR count). The van der Waals surface area contributed by atoms with E-state index in [0.29, 0.717) is 5.41 Å². The van der Waals surface area contributed by atoms with Gasteiger partial charge >= 0.3 is 0 Å².